The van der Waals surface area contributed by atoms with Crippen LogP contribution in [0.2, 0.25) is 5.02 Å². The van der Waals surface area contributed by atoms with Gasteiger partial charge in [-0.25, -0.2) is 8.42 Å². The Bertz CT molecular complexity index is 867. The van der Waals surface area contributed by atoms with Crippen LogP contribution in [0.5, 0.6) is 5.75 Å². The Hall–Kier alpha value is -2.32. The zero-order valence-electron chi connectivity index (χ0n) is 12.2. The molecule has 1 N–H and O–H groups in total. The number of nitrogens with one attached hydrogen (secondary N) is 1. The summed E-state index contributed by atoms with van der Waals surface area (Å²) in [6, 6.07) is 8.09. The fraction of sp³-hybridized carbons (Fsp3) is 0.143. The highest BCUT2D eigenvalue weighted by Crippen LogP contribution is 2.31. The lowest BCUT2D eigenvalue weighted by Gasteiger charge is -2.13. The molecule has 0 heterocycles. The molecule has 9 heteroatoms. The molecule has 0 atom stereocenters. The number of hydrogen-bond donors (Lipinski definition) is 1. The number of nitro groups is 1. The highest BCUT2D eigenvalue weighted by Gasteiger charge is 2.22. The van der Waals surface area contributed by atoms with Gasteiger partial charge in [-0.3, -0.25) is 14.8 Å². The number of nitro benzene ring substituents is 1. The van der Waals surface area contributed by atoms with Crippen LogP contribution in [0, 0.1) is 17.0 Å². The van der Waals surface area contributed by atoms with Crippen molar-refractivity contribution in [1.82, 2.24) is 0 Å². The number of rotatable bonds is 5. The molecule has 0 saturated carbocycles. The first kappa shape index (κ1) is 17.0. The van der Waals surface area contributed by atoms with Crippen molar-refractivity contribution in [3.63, 3.8) is 0 Å². The first-order valence-corrected chi connectivity index (χ1v) is 8.22. The number of methoxy groups -OCH3 is 1. The third kappa shape index (κ3) is 3.72. The minimum atomic E-state index is -4.04. The summed E-state index contributed by atoms with van der Waals surface area (Å²) in [6.07, 6.45) is 0. The molecule has 0 unspecified atom stereocenters. The summed E-state index contributed by atoms with van der Waals surface area (Å²) >= 11 is 5.87. The highest BCUT2D eigenvalue weighted by atomic mass is 35.5. The van der Waals surface area contributed by atoms with Gasteiger partial charge < -0.3 is 4.74 Å². The molecule has 2 rings (SSSR count). The second kappa shape index (κ2) is 6.43. The molecule has 0 aliphatic rings. The SMILES string of the molecule is COc1ccc(Cl)cc1NS(=O)(=O)c1cc([N+](=O)[O-])ccc1C. The molecule has 0 radical (unpaired) electrons. The molecule has 0 aromatic heterocycles. The lowest BCUT2D eigenvalue weighted by Crippen LogP contribution is -2.15. The molecule has 122 valence electrons. The van der Waals surface area contributed by atoms with Crippen LogP contribution in [0.4, 0.5) is 11.4 Å². The Balaban J connectivity index is 2.50. The van der Waals surface area contributed by atoms with Gasteiger partial charge in [0.05, 0.1) is 22.6 Å². The van der Waals surface area contributed by atoms with E-state index in [4.69, 9.17) is 16.3 Å². The first-order valence-electron chi connectivity index (χ1n) is 6.36. The number of non-ortho nitro benzene ring substituents is 1. The van der Waals surface area contributed by atoms with Gasteiger partial charge in [0.25, 0.3) is 15.7 Å². The zero-order valence-corrected chi connectivity index (χ0v) is 13.8. The topological polar surface area (TPSA) is 98.5 Å². The summed E-state index contributed by atoms with van der Waals surface area (Å²) in [5.41, 5.74) is 0.212. The van der Waals surface area contributed by atoms with E-state index in [2.05, 4.69) is 4.72 Å². The van der Waals surface area contributed by atoms with E-state index < -0.39 is 14.9 Å². The Labute approximate surface area is 138 Å². The third-order valence-corrected chi connectivity index (χ3v) is 4.82. The van der Waals surface area contributed by atoms with Crippen LogP contribution in [0.15, 0.2) is 41.3 Å². The first-order chi connectivity index (χ1) is 10.7. The summed E-state index contributed by atoms with van der Waals surface area (Å²) in [5.74, 6) is 0.279. The van der Waals surface area contributed by atoms with Gasteiger partial charge in [0.15, 0.2) is 0 Å². The lowest BCUT2D eigenvalue weighted by molar-refractivity contribution is -0.385. The number of benzene rings is 2. The fourth-order valence-electron chi connectivity index (χ4n) is 1.95. The van der Waals surface area contributed by atoms with Crippen LogP contribution in [0.1, 0.15) is 5.56 Å². The predicted octanol–water partition coefficient (Wildman–Crippen LogP) is 3.37. The predicted molar refractivity (Wildman–Crippen MR) is 86.6 cm³/mol. The summed E-state index contributed by atoms with van der Waals surface area (Å²) in [4.78, 5) is 10.0. The lowest BCUT2D eigenvalue weighted by atomic mass is 10.2. The number of halogens is 1. The maximum atomic E-state index is 12.5. The summed E-state index contributed by atoms with van der Waals surface area (Å²) in [6.45, 7) is 1.55. The molecule has 0 aliphatic heterocycles. The quantitative estimate of drug-likeness (QED) is 0.654. The van der Waals surface area contributed by atoms with E-state index >= 15 is 0 Å². The molecule has 0 aliphatic carbocycles. The number of aryl methyl sites for hydroxylation is 1. The van der Waals surface area contributed by atoms with Crippen molar-refractivity contribution in [1.29, 1.82) is 0 Å². The van der Waals surface area contributed by atoms with Crippen LogP contribution < -0.4 is 9.46 Å². The minimum absolute atomic E-state index is 0.144. The molecule has 7 nitrogen and oxygen atoms in total. The number of hydrogen-bond acceptors (Lipinski definition) is 5. The number of sulfonamides is 1. The highest BCUT2D eigenvalue weighted by molar-refractivity contribution is 7.92. The number of nitrogens with zero attached hydrogens (tertiary/aromatic N) is 1. The van der Waals surface area contributed by atoms with Crippen LogP contribution in [-0.4, -0.2) is 20.5 Å². The number of ether oxygens (including phenoxy) is 1. The van der Waals surface area contributed by atoms with E-state index in [1.165, 1.54) is 31.4 Å². The molecular formula is C14H13ClN2O5S. The van der Waals surface area contributed by atoms with Crippen LogP contribution in [0.3, 0.4) is 0 Å². The van der Waals surface area contributed by atoms with Gasteiger partial charge in [-0.05, 0) is 30.7 Å². The van der Waals surface area contributed by atoms with Crippen molar-refractivity contribution < 1.29 is 18.1 Å². The Kier molecular flexibility index (Phi) is 4.76. The third-order valence-electron chi connectivity index (χ3n) is 3.08. The normalized spacial score (nSPS) is 11.1. The van der Waals surface area contributed by atoms with Crippen molar-refractivity contribution in [3.8, 4) is 5.75 Å². The van der Waals surface area contributed by atoms with Crippen LogP contribution in [0.25, 0.3) is 0 Å². The molecule has 2 aromatic carbocycles. The molecule has 2 aromatic rings. The van der Waals surface area contributed by atoms with E-state index in [1.807, 2.05) is 0 Å². The van der Waals surface area contributed by atoms with Crippen molar-refractivity contribution in [2.45, 2.75) is 11.8 Å². The summed E-state index contributed by atoms with van der Waals surface area (Å²) in [7, 11) is -2.65. The van der Waals surface area contributed by atoms with Crippen molar-refractivity contribution in [2.24, 2.45) is 0 Å². The Morgan fingerprint density at radius 3 is 2.52 bits per heavy atom. The van der Waals surface area contributed by atoms with E-state index in [-0.39, 0.29) is 22.0 Å². The maximum Gasteiger partial charge on any atom is 0.270 e. The van der Waals surface area contributed by atoms with Gasteiger partial charge in [-0.2, -0.15) is 0 Å². The average molecular weight is 357 g/mol. The molecule has 0 spiro atoms. The van der Waals surface area contributed by atoms with Gasteiger partial charge in [-0.15, -0.1) is 0 Å². The van der Waals surface area contributed by atoms with E-state index in [0.717, 1.165) is 6.07 Å². The molecule has 0 fully saturated rings. The van der Waals surface area contributed by atoms with E-state index in [0.29, 0.717) is 10.6 Å². The molecule has 0 bridgehead atoms. The standard InChI is InChI=1S/C14H13ClN2O5S/c1-9-3-5-11(17(18)19)8-14(9)23(20,21)16-12-7-10(15)4-6-13(12)22-2/h3-8,16H,1-2H3. The summed E-state index contributed by atoms with van der Waals surface area (Å²) < 4.78 is 32.5. The monoisotopic (exact) mass is 356 g/mol. The molecular weight excluding hydrogens is 344 g/mol. The van der Waals surface area contributed by atoms with Gasteiger partial charge >= 0.3 is 0 Å². The Morgan fingerprint density at radius 2 is 1.91 bits per heavy atom. The molecule has 0 saturated heterocycles. The van der Waals surface area contributed by atoms with Gasteiger partial charge in [0.1, 0.15) is 5.75 Å². The van der Waals surface area contributed by atoms with Crippen molar-refractivity contribution >= 4 is 33.0 Å². The van der Waals surface area contributed by atoms with Crippen molar-refractivity contribution in [2.75, 3.05) is 11.8 Å². The largest absolute Gasteiger partial charge is 0.495 e. The average Bonchev–Trinajstić information content (AvgIpc) is 2.47. The minimum Gasteiger partial charge on any atom is -0.495 e. The van der Waals surface area contributed by atoms with Crippen molar-refractivity contribution in [3.05, 3.63) is 57.1 Å². The van der Waals surface area contributed by atoms with Gasteiger partial charge in [-0.1, -0.05) is 17.7 Å². The van der Waals surface area contributed by atoms with Gasteiger partial charge in [0.2, 0.25) is 0 Å². The summed E-state index contributed by atoms with van der Waals surface area (Å²) in [5, 5.41) is 11.2. The smallest absolute Gasteiger partial charge is 0.270 e. The van der Waals surface area contributed by atoms with E-state index in [9.17, 15) is 18.5 Å². The number of anilines is 1. The molecule has 0 amide bonds. The fourth-order valence-corrected chi connectivity index (χ4v) is 3.45. The molecule has 23 heavy (non-hydrogen) atoms. The van der Waals surface area contributed by atoms with Crippen LogP contribution in [-0.2, 0) is 10.0 Å². The second-order valence-electron chi connectivity index (χ2n) is 4.66. The van der Waals surface area contributed by atoms with Gasteiger partial charge in [0, 0.05) is 17.2 Å². The zero-order chi connectivity index (χ0) is 17.2. The van der Waals surface area contributed by atoms with Crippen LogP contribution >= 0.6 is 11.6 Å². The van der Waals surface area contributed by atoms with E-state index in [1.54, 1.807) is 13.0 Å². The Morgan fingerprint density at radius 1 is 1.22 bits per heavy atom. The second-order valence-corrected chi connectivity index (χ2v) is 6.74. The maximum absolute atomic E-state index is 12.5.